The van der Waals surface area contributed by atoms with Crippen molar-refractivity contribution in [2.24, 2.45) is 5.92 Å². The van der Waals surface area contributed by atoms with Gasteiger partial charge in [0.05, 0.1) is 0 Å². The van der Waals surface area contributed by atoms with Crippen LogP contribution in [0.1, 0.15) is 131 Å². The maximum absolute atomic E-state index is 12.4. The van der Waals surface area contributed by atoms with Gasteiger partial charge in [-0.1, -0.05) is 90.9 Å². The number of carbonyl (C=O) groups is 1. The molecule has 1 saturated heterocycles. The quantitative estimate of drug-likeness (QED) is 0.197. The fraction of sp³-hybridized carbons (Fsp3) is 0.964. The summed E-state index contributed by atoms with van der Waals surface area (Å²) in [5, 5.41) is 0. The Morgan fingerprint density at radius 2 is 1.28 bits per heavy atom. The lowest BCUT2D eigenvalue weighted by Crippen LogP contribution is -2.37. The summed E-state index contributed by atoms with van der Waals surface area (Å²) in [6.45, 7) is 15.7. The zero-order valence-corrected chi connectivity index (χ0v) is 22.4. The summed E-state index contributed by atoms with van der Waals surface area (Å²) >= 11 is 0. The second-order valence-electron chi connectivity index (χ2n) is 11.1. The van der Waals surface area contributed by atoms with Crippen LogP contribution in [-0.2, 0) is 4.74 Å². The summed E-state index contributed by atoms with van der Waals surface area (Å²) in [5.74, 6) is 0.594. The van der Waals surface area contributed by atoms with Crippen LogP contribution in [0.2, 0.25) is 0 Å². The molecule has 4 heteroatoms. The van der Waals surface area contributed by atoms with Gasteiger partial charge in [0.15, 0.2) is 0 Å². The number of carbonyl (C=O) groups excluding carboxylic acids is 1. The van der Waals surface area contributed by atoms with Crippen molar-refractivity contribution in [3.05, 3.63) is 0 Å². The number of unbranched alkanes of at least 4 members (excludes halogenated alkanes) is 12. The standard InChI is InChI=1S/C28H56N2O2/c1-6-8-10-12-14-16-18-21-29(22-19-17-15-13-11-9-7-2)24-26-20-23-30(25-26)27(31)32-28(3,4)5/h26H,6-25H2,1-5H3. The molecule has 1 amide bonds. The molecule has 0 bridgehead atoms. The van der Waals surface area contributed by atoms with Crippen molar-refractivity contribution in [3.8, 4) is 0 Å². The summed E-state index contributed by atoms with van der Waals surface area (Å²) in [6.07, 6.45) is 20.2. The monoisotopic (exact) mass is 452 g/mol. The van der Waals surface area contributed by atoms with Gasteiger partial charge in [-0.2, -0.15) is 0 Å². The molecule has 32 heavy (non-hydrogen) atoms. The maximum atomic E-state index is 12.4. The highest BCUT2D eigenvalue weighted by Crippen LogP contribution is 2.21. The molecular weight excluding hydrogens is 396 g/mol. The molecule has 1 aliphatic heterocycles. The number of ether oxygens (including phenoxy) is 1. The highest BCUT2D eigenvalue weighted by Gasteiger charge is 2.30. The highest BCUT2D eigenvalue weighted by molar-refractivity contribution is 5.68. The first-order valence-electron chi connectivity index (χ1n) is 14.1. The van der Waals surface area contributed by atoms with E-state index < -0.39 is 5.60 Å². The molecular formula is C28H56N2O2. The largest absolute Gasteiger partial charge is 0.444 e. The minimum Gasteiger partial charge on any atom is -0.444 e. The Bertz CT molecular complexity index is 443. The second kappa shape index (κ2) is 17.7. The van der Waals surface area contributed by atoms with Crippen LogP contribution in [0.25, 0.3) is 0 Å². The molecule has 0 saturated carbocycles. The zero-order chi connectivity index (χ0) is 23.7. The number of hydrogen-bond donors (Lipinski definition) is 0. The normalized spacial score (nSPS) is 16.8. The first-order valence-corrected chi connectivity index (χ1v) is 14.1. The molecule has 1 aliphatic rings. The molecule has 1 rings (SSSR count). The molecule has 1 fully saturated rings. The summed E-state index contributed by atoms with van der Waals surface area (Å²) in [5.41, 5.74) is -0.407. The molecule has 190 valence electrons. The third-order valence-electron chi connectivity index (χ3n) is 6.61. The van der Waals surface area contributed by atoms with Crippen molar-refractivity contribution in [1.29, 1.82) is 0 Å². The first-order chi connectivity index (χ1) is 15.4. The highest BCUT2D eigenvalue weighted by atomic mass is 16.6. The first kappa shape index (κ1) is 29.3. The van der Waals surface area contributed by atoms with Crippen LogP contribution >= 0.6 is 0 Å². The molecule has 0 aromatic heterocycles. The van der Waals surface area contributed by atoms with Gasteiger partial charge in [-0.05, 0) is 59.0 Å². The Labute approximate surface area is 200 Å². The van der Waals surface area contributed by atoms with Crippen LogP contribution in [0.5, 0.6) is 0 Å². The van der Waals surface area contributed by atoms with Crippen LogP contribution in [0, 0.1) is 5.92 Å². The van der Waals surface area contributed by atoms with Crippen LogP contribution in [0.4, 0.5) is 4.79 Å². The molecule has 0 N–H and O–H groups in total. The molecule has 4 nitrogen and oxygen atoms in total. The summed E-state index contributed by atoms with van der Waals surface area (Å²) in [6, 6.07) is 0. The Kier molecular flexibility index (Phi) is 16.2. The van der Waals surface area contributed by atoms with Gasteiger partial charge in [-0.3, -0.25) is 0 Å². The van der Waals surface area contributed by atoms with Crippen molar-refractivity contribution in [3.63, 3.8) is 0 Å². The number of amides is 1. The van der Waals surface area contributed by atoms with Crippen molar-refractivity contribution in [2.45, 2.75) is 137 Å². The van der Waals surface area contributed by atoms with Gasteiger partial charge in [0.1, 0.15) is 5.60 Å². The number of likely N-dealkylation sites (tertiary alicyclic amines) is 1. The van der Waals surface area contributed by atoms with Gasteiger partial charge in [-0.25, -0.2) is 4.79 Å². The third-order valence-corrected chi connectivity index (χ3v) is 6.61. The molecule has 0 aliphatic carbocycles. The van der Waals surface area contributed by atoms with Crippen LogP contribution in [0.15, 0.2) is 0 Å². The Hall–Kier alpha value is -0.770. The van der Waals surface area contributed by atoms with E-state index in [1.54, 1.807) is 0 Å². The van der Waals surface area contributed by atoms with Gasteiger partial charge in [0.2, 0.25) is 0 Å². The van der Waals surface area contributed by atoms with Gasteiger partial charge in [0.25, 0.3) is 0 Å². The van der Waals surface area contributed by atoms with E-state index in [9.17, 15) is 4.79 Å². The third kappa shape index (κ3) is 15.1. The van der Waals surface area contributed by atoms with Crippen LogP contribution < -0.4 is 0 Å². The molecule has 0 aromatic rings. The molecule has 1 heterocycles. The Morgan fingerprint density at radius 3 is 1.75 bits per heavy atom. The van der Waals surface area contributed by atoms with E-state index in [1.807, 2.05) is 25.7 Å². The lowest BCUT2D eigenvalue weighted by Gasteiger charge is -2.27. The summed E-state index contributed by atoms with van der Waals surface area (Å²) in [4.78, 5) is 17.1. The number of rotatable bonds is 18. The lowest BCUT2D eigenvalue weighted by atomic mass is 10.1. The fourth-order valence-electron chi connectivity index (χ4n) is 4.72. The topological polar surface area (TPSA) is 32.8 Å². The van der Waals surface area contributed by atoms with Gasteiger partial charge in [0, 0.05) is 19.6 Å². The van der Waals surface area contributed by atoms with Crippen LogP contribution in [-0.4, -0.2) is 54.2 Å². The van der Waals surface area contributed by atoms with E-state index >= 15 is 0 Å². The van der Waals surface area contributed by atoms with Gasteiger partial charge in [-0.15, -0.1) is 0 Å². The summed E-state index contributed by atoms with van der Waals surface area (Å²) < 4.78 is 5.59. The van der Waals surface area contributed by atoms with Crippen molar-refractivity contribution < 1.29 is 9.53 Å². The van der Waals surface area contributed by atoms with E-state index in [1.165, 1.54) is 103 Å². The Balaban J connectivity index is 2.36. The number of nitrogens with zero attached hydrogens (tertiary/aromatic N) is 2. The maximum Gasteiger partial charge on any atom is 0.410 e. The fourth-order valence-corrected chi connectivity index (χ4v) is 4.72. The van der Waals surface area contributed by atoms with Crippen molar-refractivity contribution in [1.82, 2.24) is 9.80 Å². The Morgan fingerprint density at radius 1 is 0.812 bits per heavy atom. The van der Waals surface area contributed by atoms with Gasteiger partial charge >= 0.3 is 6.09 Å². The minimum atomic E-state index is -0.407. The van der Waals surface area contributed by atoms with Crippen molar-refractivity contribution in [2.75, 3.05) is 32.7 Å². The smallest absolute Gasteiger partial charge is 0.410 e. The van der Waals surface area contributed by atoms with E-state index in [0.717, 1.165) is 26.1 Å². The van der Waals surface area contributed by atoms with Gasteiger partial charge < -0.3 is 14.5 Å². The predicted octanol–water partition coefficient (Wildman–Crippen LogP) is 8.05. The number of hydrogen-bond acceptors (Lipinski definition) is 3. The van der Waals surface area contributed by atoms with E-state index in [-0.39, 0.29) is 6.09 Å². The second-order valence-corrected chi connectivity index (χ2v) is 11.1. The van der Waals surface area contributed by atoms with Crippen LogP contribution in [0.3, 0.4) is 0 Å². The lowest BCUT2D eigenvalue weighted by molar-refractivity contribution is 0.0285. The molecule has 0 spiro atoms. The predicted molar refractivity (Wildman–Crippen MR) is 138 cm³/mol. The summed E-state index contributed by atoms with van der Waals surface area (Å²) in [7, 11) is 0. The SMILES string of the molecule is CCCCCCCCCN(CCCCCCCCC)CC1CCN(C(=O)OC(C)(C)C)C1. The average molecular weight is 453 g/mol. The molecule has 1 unspecified atom stereocenters. The average Bonchev–Trinajstić information content (AvgIpc) is 3.19. The van der Waals surface area contributed by atoms with Crippen molar-refractivity contribution >= 4 is 6.09 Å². The molecule has 0 aromatic carbocycles. The zero-order valence-electron chi connectivity index (χ0n) is 22.4. The minimum absolute atomic E-state index is 0.134. The van der Waals surface area contributed by atoms with E-state index in [2.05, 4.69) is 18.7 Å². The van der Waals surface area contributed by atoms with E-state index in [4.69, 9.17) is 4.74 Å². The molecule has 0 radical (unpaired) electrons. The molecule has 1 atom stereocenters. The van der Waals surface area contributed by atoms with E-state index in [0.29, 0.717) is 5.92 Å².